The van der Waals surface area contributed by atoms with Crippen LogP contribution in [-0.2, 0) is 21.3 Å². The normalized spacial score (nSPS) is 19.6. The highest BCUT2D eigenvalue weighted by atomic mass is 32.2. The quantitative estimate of drug-likeness (QED) is 0.786. The van der Waals surface area contributed by atoms with Gasteiger partial charge in [-0.2, -0.15) is 0 Å². The molecule has 0 radical (unpaired) electrons. The lowest BCUT2D eigenvalue weighted by molar-refractivity contribution is 0.184. The Morgan fingerprint density at radius 1 is 1.45 bits per heavy atom. The van der Waals surface area contributed by atoms with E-state index in [-0.39, 0.29) is 4.90 Å². The van der Waals surface area contributed by atoms with Gasteiger partial charge in [-0.1, -0.05) is 0 Å². The van der Waals surface area contributed by atoms with Crippen LogP contribution in [0, 0.1) is 12.8 Å². The maximum Gasteiger partial charge on any atom is 0.244 e. The van der Waals surface area contributed by atoms with E-state index in [0.29, 0.717) is 30.5 Å². The van der Waals surface area contributed by atoms with Gasteiger partial charge in [0.15, 0.2) is 0 Å². The molecule has 2 N–H and O–H groups in total. The van der Waals surface area contributed by atoms with E-state index in [4.69, 9.17) is 9.15 Å². The molecule has 0 amide bonds. The first-order valence-electron chi connectivity index (χ1n) is 6.84. The van der Waals surface area contributed by atoms with Crippen LogP contribution < -0.4 is 10.0 Å². The number of hydrogen-bond acceptors (Lipinski definition) is 5. The molecule has 1 atom stereocenters. The van der Waals surface area contributed by atoms with Gasteiger partial charge in [-0.05, 0) is 32.7 Å². The molecular weight excluding hydrogens is 280 g/mol. The third kappa shape index (κ3) is 3.82. The molecule has 1 aliphatic rings. The van der Waals surface area contributed by atoms with E-state index in [1.165, 1.54) is 0 Å². The van der Waals surface area contributed by atoms with E-state index in [2.05, 4.69) is 10.0 Å². The summed E-state index contributed by atoms with van der Waals surface area (Å²) in [5.41, 5.74) is 0. The summed E-state index contributed by atoms with van der Waals surface area (Å²) in [7, 11) is -1.71. The molecule has 6 nitrogen and oxygen atoms in total. The molecule has 0 spiro atoms. The first-order chi connectivity index (χ1) is 9.53. The lowest BCUT2D eigenvalue weighted by atomic mass is 10.1. The lowest BCUT2D eigenvalue weighted by Crippen LogP contribution is -2.26. The van der Waals surface area contributed by atoms with Crippen LogP contribution in [0.1, 0.15) is 24.4 Å². The average Bonchev–Trinajstić information content (AvgIpc) is 2.99. The van der Waals surface area contributed by atoms with Crippen molar-refractivity contribution in [3.63, 3.8) is 0 Å². The van der Waals surface area contributed by atoms with Crippen molar-refractivity contribution in [3.8, 4) is 0 Å². The second-order valence-corrected chi connectivity index (χ2v) is 6.81. The Labute approximate surface area is 119 Å². The Balaban J connectivity index is 1.94. The zero-order valence-electron chi connectivity index (χ0n) is 11.9. The van der Waals surface area contributed by atoms with E-state index in [1.807, 2.05) is 0 Å². The predicted molar refractivity (Wildman–Crippen MR) is 74.9 cm³/mol. The van der Waals surface area contributed by atoms with Crippen LogP contribution in [0.5, 0.6) is 0 Å². The monoisotopic (exact) mass is 302 g/mol. The third-order valence-corrected chi connectivity index (χ3v) is 5.00. The summed E-state index contributed by atoms with van der Waals surface area (Å²) in [6.45, 7) is 4.13. The standard InChI is InChI=1S/C13H22N2O4S/c1-10-13(7-12(19-10)8-14-2)20(16,17)15-5-3-11-4-6-18-9-11/h7,11,14-15H,3-6,8-9H2,1-2H3. The molecule has 7 heteroatoms. The van der Waals surface area contributed by atoms with E-state index in [1.54, 1.807) is 20.0 Å². The Hall–Kier alpha value is -0.890. The molecule has 1 fully saturated rings. The fourth-order valence-corrected chi connectivity index (χ4v) is 3.59. The second kappa shape index (κ2) is 6.71. The topological polar surface area (TPSA) is 80.6 Å². The van der Waals surface area contributed by atoms with Crippen LogP contribution in [0.4, 0.5) is 0 Å². The molecule has 20 heavy (non-hydrogen) atoms. The van der Waals surface area contributed by atoms with Crippen LogP contribution >= 0.6 is 0 Å². The summed E-state index contributed by atoms with van der Waals surface area (Å²) in [6, 6.07) is 1.58. The molecule has 0 bridgehead atoms. The van der Waals surface area contributed by atoms with Crippen molar-refractivity contribution in [2.45, 2.75) is 31.2 Å². The summed E-state index contributed by atoms with van der Waals surface area (Å²) in [5.74, 6) is 1.50. The maximum absolute atomic E-state index is 12.2. The zero-order valence-corrected chi connectivity index (χ0v) is 12.8. The van der Waals surface area contributed by atoms with Crippen molar-refractivity contribution in [2.24, 2.45) is 5.92 Å². The number of sulfonamides is 1. The first-order valence-corrected chi connectivity index (χ1v) is 8.32. The number of hydrogen-bond donors (Lipinski definition) is 2. The van der Waals surface area contributed by atoms with Gasteiger partial charge in [0.25, 0.3) is 0 Å². The van der Waals surface area contributed by atoms with Gasteiger partial charge in [-0.15, -0.1) is 0 Å². The summed E-state index contributed by atoms with van der Waals surface area (Å²) in [5, 5.41) is 2.93. The minimum absolute atomic E-state index is 0.227. The molecule has 1 aromatic rings. The van der Waals surface area contributed by atoms with Crippen LogP contribution in [0.25, 0.3) is 0 Å². The first kappa shape index (κ1) is 15.5. The molecule has 1 aliphatic heterocycles. The van der Waals surface area contributed by atoms with Gasteiger partial charge in [0, 0.05) is 25.8 Å². The van der Waals surface area contributed by atoms with E-state index >= 15 is 0 Å². The molecule has 1 unspecified atom stereocenters. The predicted octanol–water partition coefficient (Wildman–Crippen LogP) is 1.01. The van der Waals surface area contributed by atoms with Crippen molar-refractivity contribution in [1.82, 2.24) is 10.0 Å². The number of furan rings is 1. The van der Waals surface area contributed by atoms with E-state index < -0.39 is 10.0 Å². The van der Waals surface area contributed by atoms with Crippen molar-refractivity contribution < 1.29 is 17.6 Å². The molecule has 0 saturated carbocycles. The second-order valence-electron chi connectivity index (χ2n) is 5.08. The Morgan fingerprint density at radius 3 is 2.90 bits per heavy atom. The van der Waals surface area contributed by atoms with E-state index in [0.717, 1.165) is 26.1 Å². The molecule has 0 aliphatic carbocycles. The number of ether oxygens (including phenoxy) is 1. The smallest absolute Gasteiger partial charge is 0.244 e. The van der Waals surface area contributed by atoms with Gasteiger partial charge in [0.2, 0.25) is 10.0 Å². The highest BCUT2D eigenvalue weighted by Gasteiger charge is 2.22. The van der Waals surface area contributed by atoms with Gasteiger partial charge in [0.05, 0.1) is 6.54 Å². The van der Waals surface area contributed by atoms with Crippen LogP contribution in [0.2, 0.25) is 0 Å². The molecular formula is C13H22N2O4S. The fourth-order valence-electron chi connectivity index (χ4n) is 2.34. The molecule has 0 aromatic carbocycles. The molecule has 1 aromatic heterocycles. The summed E-state index contributed by atoms with van der Waals surface area (Å²) in [6.07, 6.45) is 1.82. The number of rotatable bonds is 7. The molecule has 114 valence electrons. The Morgan fingerprint density at radius 2 is 2.25 bits per heavy atom. The maximum atomic E-state index is 12.2. The summed E-state index contributed by atoms with van der Waals surface area (Å²) in [4.78, 5) is 0.227. The highest BCUT2D eigenvalue weighted by molar-refractivity contribution is 7.89. The number of nitrogens with one attached hydrogen (secondary N) is 2. The fraction of sp³-hybridized carbons (Fsp3) is 0.692. The van der Waals surface area contributed by atoms with Crippen molar-refractivity contribution in [1.29, 1.82) is 0 Å². The molecule has 2 rings (SSSR count). The molecule has 2 heterocycles. The van der Waals surface area contributed by atoms with Crippen molar-refractivity contribution >= 4 is 10.0 Å². The minimum atomic E-state index is -3.49. The van der Waals surface area contributed by atoms with Gasteiger partial charge < -0.3 is 14.5 Å². The van der Waals surface area contributed by atoms with E-state index in [9.17, 15) is 8.42 Å². The summed E-state index contributed by atoms with van der Waals surface area (Å²) >= 11 is 0. The average molecular weight is 302 g/mol. The van der Waals surface area contributed by atoms with Crippen molar-refractivity contribution in [2.75, 3.05) is 26.8 Å². The molecule has 1 saturated heterocycles. The highest BCUT2D eigenvalue weighted by Crippen LogP contribution is 2.20. The largest absolute Gasteiger partial charge is 0.464 e. The van der Waals surface area contributed by atoms with Crippen LogP contribution in [0.15, 0.2) is 15.4 Å². The Kier molecular flexibility index (Phi) is 5.20. The van der Waals surface area contributed by atoms with Gasteiger partial charge in [0.1, 0.15) is 16.4 Å². The number of aryl methyl sites for hydroxylation is 1. The van der Waals surface area contributed by atoms with Gasteiger partial charge in [-0.25, -0.2) is 13.1 Å². The van der Waals surface area contributed by atoms with Gasteiger partial charge >= 0.3 is 0 Å². The Bertz CT molecular complexity index is 533. The minimum Gasteiger partial charge on any atom is -0.464 e. The SMILES string of the molecule is CNCc1cc(S(=O)(=O)NCCC2CCOC2)c(C)o1. The third-order valence-electron chi connectivity index (χ3n) is 3.43. The zero-order chi connectivity index (χ0) is 14.6. The van der Waals surface area contributed by atoms with Crippen molar-refractivity contribution in [3.05, 3.63) is 17.6 Å². The van der Waals surface area contributed by atoms with Crippen LogP contribution in [0.3, 0.4) is 0 Å². The lowest BCUT2D eigenvalue weighted by Gasteiger charge is -2.08. The summed E-state index contributed by atoms with van der Waals surface area (Å²) < 4.78 is 37.8. The van der Waals surface area contributed by atoms with Gasteiger partial charge in [-0.3, -0.25) is 0 Å². The van der Waals surface area contributed by atoms with Crippen LogP contribution in [-0.4, -0.2) is 35.2 Å².